The molecule has 0 aliphatic carbocycles. The van der Waals surface area contributed by atoms with Crippen molar-refractivity contribution in [1.29, 1.82) is 0 Å². The topological polar surface area (TPSA) is 9.86 Å². The van der Waals surface area contributed by atoms with Gasteiger partial charge in [0, 0.05) is 31.7 Å². The molecule has 2 aromatic rings. The van der Waals surface area contributed by atoms with E-state index >= 15 is 0 Å². The number of hydrogen-bond donors (Lipinski definition) is 0. The molecular formula is C17H25BrN2. The summed E-state index contributed by atoms with van der Waals surface area (Å²) < 4.78 is 5.77. The van der Waals surface area contributed by atoms with Crippen LogP contribution in [0.15, 0.2) is 10.8 Å². The van der Waals surface area contributed by atoms with Crippen molar-refractivity contribution in [2.24, 2.45) is 14.1 Å². The van der Waals surface area contributed by atoms with Crippen molar-refractivity contribution < 1.29 is 0 Å². The average molecular weight is 337 g/mol. The minimum Gasteiger partial charge on any atom is -0.354 e. The van der Waals surface area contributed by atoms with Gasteiger partial charge in [-0.15, -0.1) is 0 Å². The first-order chi connectivity index (χ1) is 9.38. The minimum absolute atomic E-state index is 1.09. The average Bonchev–Trinajstić information content (AvgIpc) is 2.80. The van der Waals surface area contributed by atoms with E-state index in [1.165, 1.54) is 38.2 Å². The number of hydrogen-bond acceptors (Lipinski definition) is 0. The lowest BCUT2D eigenvalue weighted by molar-refractivity contribution is 0.786. The van der Waals surface area contributed by atoms with Crippen molar-refractivity contribution in [2.45, 2.75) is 47.0 Å². The fourth-order valence-corrected chi connectivity index (χ4v) is 3.85. The monoisotopic (exact) mass is 336 g/mol. The number of rotatable bonds is 4. The maximum absolute atomic E-state index is 3.74. The molecule has 2 nitrogen and oxygen atoms in total. The Balaban J connectivity index is 2.26. The van der Waals surface area contributed by atoms with Crippen LogP contribution >= 0.6 is 15.9 Å². The minimum atomic E-state index is 1.09. The summed E-state index contributed by atoms with van der Waals surface area (Å²) >= 11 is 3.74. The van der Waals surface area contributed by atoms with E-state index in [0.717, 1.165) is 19.3 Å². The summed E-state index contributed by atoms with van der Waals surface area (Å²) in [6.45, 7) is 8.90. The maximum Gasteiger partial charge on any atom is 0.0881 e. The Labute approximate surface area is 130 Å². The Morgan fingerprint density at radius 1 is 1.05 bits per heavy atom. The molecule has 0 aromatic carbocycles. The smallest absolute Gasteiger partial charge is 0.0881 e. The van der Waals surface area contributed by atoms with Gasteiger partial charge < -0.3 is 9.13 Å². The fourth-order valence-electron chi connectivity index (χ4n) is 3.09. The van der Waals surface area contributed by atoms with Gasteiger partial charge in [-0.3, -0.25) is 0 Å². The van der Waals surface area contributed by atoms with E-state index in [1.807, 2.05) is 0 Å². The maximum atomic E-state index is 3.74. The summed E-state index contributed by atoms with van der Waals surface area (Å²) in [5, 5.41) is 0. The van der Waals surface area contributed by atoms with Crippen molar-refractivity contribution in [1.82, 2.24) is 9.13 Å². The molecule has 0 amide bonds. The van der Waals surface area contributed by atoms with Gasteiger partial charge in [0.25, 0.3) is 0 Å². The van der Waals surface area contributed by atoms with Crippen LogP contribution in [0.1, 0.15) is 40.6 Å². The molecular weight excluding hydrogens is 312 g/mol. The molecule has 20 heavy (non-hydrogen) atoms. The third-order valence-corrected chi connectivity index (χ3v) is 5.74. The molecule has 0 unspecified atom stereocenters. The third kappa shape index (κ3) is 2.48. The molecule has 110 valence electrons. The predicted octanol–water partition coefficient (Wildman–Crippen LogP) is 4.40. The van der Waals surface area contributed by atoms with E-state index in [4.69, 9.17) is 0 Å². The quantitative estimate of drug-likeness (QED) is 0.783. The normalized spacial score (nSPS) is 11.3. The summed E-state index contributed by atoms with van der Waals surface area (Å²) in [5.41, 5.74) is 8.63. The van der Waals surface area contributed by atoms with Gasteiger partial charge in [-0.2, -0.15) is 0 Å². The van der Waals surface area contributed by atoms with Crippen LogP contribution in [0.3, 0.4) is 0 Å². The van der Waals surface area contributed by atoms with E-state index in [2.05, 4.69) is 73.1 Å². The molecule has 0 bridgehead atoms. The third-order valence-electron chi connectivity index (χ3n) is 4.72. The molecule has 3 heteroatoms. The summed E-state index contributed by atoms with van der Waals surface area (Å²) in [4.78, 5) is 0. The van der Waals surface area contributed by atoms with Gasteiger partial charge in [-0.05, 0) is 78.2 Å². The van der Waals surface area contributed by atoms with Gasteiger partial charge in [-0.25, -0.2) is 0 Å². The Morgan fingerprint density at radius 3 is 2.15 bits per heavy atom. The van der Waals surface area contributed by atoms with Crippen LogP contribution in [-0.2, 0) is 33.4 Å². The van der Waals surface area contributed by atoms with Crippen LogP contribution in [0.4, 0.5) is 0 Å². The molecule has 0 aliphatic rings. The Hall–Kier alpha value is -0.960. The highest BCUT2D eigenvalue weighted by atomic mass is 79.9. The highest BCUT2D eigenvalue weighted by Gasteiger charge is 2.15. The zero-order valence-electron chi connectivity index (χ0n) is 13.5. The first kappa shape index (κ1) is 15.4. The van der Waals surface area contributed by atoms with E-state index < -0.39 is 0 Å². The van der Waals surface area contributed by atoms with Gasteiger partial charge >= 0.3 is 0 Å². The van der Waals surface area contributed by atoms with Crippen LogP contribution in [0, 0.1) is 20.8 Å². The molecule has 0 N–H and O–H groups in total. The lowest BCUT2D eigenvalue weighted by Gasteiger charge is -2.07. The van der Waals surface area contributed by atoms with E-state index in [-0.39, 0.29) is 0 Å². The Bertz CT molecular complexity index is 607. The van der Waals surface area contributed by atoms with E-state index in [9.17, 15) is 0 Å². The molecule has 0 aliphatic heterocycles. The molecule has 2 rings (SSSR count). The summed E-state index contributed by atoms with van der Waals surface area (Å²) in [6, 6.07) is 0. The lowest BCUT2D eigenvalue weighted by Crippen LogP contribution is -2.01. The highest BCUT2D eigenvalue weighted by molar-refractivity contribution is 9.10. The molecule has 2 heterocycles. The van der Waals surface area contributed by atoms with Gasteiger partial charge in [0.1, 0.15) is 0 Å². The van der Waals surface area contributed by atoms with Crippen LogP contribution in [-0.4, -0.2) is 9.13 Å². The van der Waals surface area contributed by atoms with Gasteiger partial charge in [0.05, 0.1) is 4.60 Å². The molecule has 0 fully saturated rings. The van der Waals surface area contributed by atoms with Crippen molar-refractivity contribution in [3.05, 3.63) is 44.4 Å². The number of halogens is 1. The number of nitrogens with zero attached hydrogens (tertiary/aromatic N) is 2. The van der Waals surface area contributed by atoms with E-state index in [0.29, 0.717) is 0 Å². The second kappa shape index (κ2) is 5.80. The van der Waals surface area contributed by atoms with Crippen LogP contribution < -0.4 is 0 Å². The second-order valence-corrected chi connectivity index (χ2v) is 6.48. The lowest BCUT2D eigenvalue weighted by atomic mass is 10.0. The summed E-state index contributed by atoms with van der Waals surface area (Å²) in [7, 11) is 4.29. The molecule has 0 atom stereocenters. The molecule has 2 aromatic heterocycles. The van der Waals surface area contributed by atoms with Crippen LogP contribution in [0.5, 0.6) is 0 Å². The van der Waals surface area contributed by atoms with Crippen molar-refractivity contribution in [3.8, 4) is 0 Å². The standard InChI is InChI=1S/C17H25BrN2/c1-7-14-10-19(5)16(12(14)3)9-8-15-11(2)13(4)20(6)17(15)18/h10H,7-9H2,1-6H3. The zero-order chi connectivity index (χ0) is 15.0. The molecule has 0 spiro atoms. The summed E-state index contributed by atoms with van der Waals surface area (Å²) in [6.07, 6.45) is 5.59. The summed E-state index contributed by atoms with van der Waals surface area (Å²) in [5.74, 6) is 0. The number of aromatic nitrogens is 2. The Morgan fingerprint density at radius 2 is 1.70 bits per heavy atom. The molecule has 0 radical (unpaired) electrons. The first-order valence-electron chi connectivity index (χ1n) is 7.32. The fraction of sp³-hybridized carbons (Fsp3) is 0.529. The van der Waals surface area contributed by atoms with Gasteiger partial charge in [0.15, 0.2) is 0 Å². The van der Waals surface area contributed by atoms with Crippen molar-refractivity contribution in [2.75, 3.05) is 0 Å². The van der Waals surface area contributed by atoms with Gasteiger partial charge in [-0.1, -0.05) is 6.92 Å². The molecule has 0 saturated heterocycles. The Kier molecular flexibility index (Phi) is 4.48. The largest absolute Gasteiger partial charge is 0.354 e. The highest BCUT2D eigenvalue weighted by Crippen LogP contribution is 2.28. The predicted molar refractivity (Wildman–Crippen MR) is 89.5 cm³/mol. The van der Waals surface area contributed by atoms with Crippen LogP contribution in [0.2, 0.25) is 0 Å². The number of aryl methyl sites for hydroxylation is 2. The van der Waals surface area contributed by atoms with E-state index in [1.54, 1.807) is 0 Å². The zero-order valence-corrected chi connectivity index (χ0v) is 15.1. The molecule has 0 saturated carbocycles. The van der Waals surface area contributed by atoms with Crippen LogP contribution in [0.25, 0.3) is 0 Å². The van der Waals surface area contributed by atoms with Crippen molar-refractivity contribution in [3.63, 3.8) is 0 Å². The van der Waals surface area contributed by atoms with Crippen molar-refractivity contribution >= 4 is 15.9 Å². The SMILES string of the molecule is CCc1cn(C)c(CCc2c(C)c(C)n(C)c2Br)c1C. The van der Waals surface area contributed by atoms with Gasteiger partial charge in [0.2, 0.25) is 0 Å². The first-order valence-corrected chi connectivity index (χ1v) is 8.11. The second-order valence-electron chi connectivity index (χ2n) is 5.73.